The third kappa shape index (κ3) is 4.39. The van der Waals surface area contributed by atoms with E-state index in [1.54, 1.807) is 28.8 Å². The van der Waals surface area contributed by atoms with Gasteiger partial charge in [-0.05, 0) is 41.1 Å². The van der Waals surface area contributed by atoms with E-state index in [2.05, 4.69) is 6.58 Å². The quantitative estimate of drug-likeness (QED) is 0.680. The number of piperidine rings is 1. The van der Waals surface area contributed by atoms with Crippen LogP contribution < -0.4 is 0 Å². The number of methoxy groups -OCH3 is 1. The molecule has 0 spiro atoms. The van der Waals surface area contributed by atoms with Gasteiger partial charge in [0.25, 0.3) is 10.2 Å². The minimum atomic E-state index is -3.44. The van der Waals surface area contributed by atoms with E-state index in [1.807, 2.05) is 16.8 Å². The molecule has 0 aromatic carbocycles. The summed E-state index contributed by atoms with van der Waals surface area (Å²) in [6.45, 7) is 6.25. The largest absolute Gasteiger partial charge is 0.384 e. The van der Waals surface area contributed by atoms with E-state index in [4.69, 9.17) is 4.74 Å². The van der Waals surface area contributed by atoms with Crippen LogP contribution in [0.2, 0.25) is 0 Å². The minimum Gasteiger partial charge on any atom is -0.384 e. The first-order valence-electron chi connectivity index (χ1n) is 7.44. The lowest BCUT2D eigenvalue weighted by atomic mass is 9.99. The first-order chi connectivity index (χ1) is 10.6. The fourth-order valence-electron chi connectivity index (χ4n) is 2.68. The summed E-state index contributed by atoms with van der Waals surface area (Å²) < 4.78 is 33.9. The molecule has 2 heterocycles. The molecule has 0 unspecified atom stereocenters. The van der Waals surface area contributed by atoms with Crippen LogP contribution in [-0.4, -0.2) is 50.4 Å². The Morgan fingerprint density at radius 1 is 1.50 bits per heavy atom. The SMILES string of the molecule is C=CCN(Cc1ccsc1)S(=O)(=O)N1CCC(COC)CC1. The Kier molecular flexibility index (Phi) is 6.58. The summed E-state index contributed by atoms with van der Waals surface area (Å²) in [7, 11) is -1.75. The molecule has 0 atom stereocenters. The molecule has 0 N–H and O–H groups in total. The van der Waals surface area contributed by atoms with Gasteiger partial charge in [0, 0.05) is 39.9 Å². The summed E-state index contributed by atoms with van der Waals surface area (Å²) in [5.74, 6) is 0.459. The molecule has 22 heavy (non-hydrogen) atoms. The van der Waals surface area contributed by atoms with Gasteiger partial charge in [-0.25, -0.2) is 0 Å². The first-order valence-corrected chi connectivity index (χ1v) is 9.78. The maximum absolute atomic E-state index is 12.8. The van der Waals surface area contributed by atoms with Crippen molar-refractivity contribution in [2.45, 2.75) is 19.4 Å². The van der Waals surface area contributed by atoms with E-state index in [9.17, 15) is 8.42 Å². The summed E-state index contributed by atoms with van der Waals surface area (Å²) in [5.41, 5.74) is 1.02. The number of hydrogen-bond donors (Lipinski definition) is 0. The molecule has 0 amide bonds. The lowest BCUT2D eigenvalue weighted by Crippen LogP contribution is -2.47. The van der Waals surface area contributed by atoms with Crippen LogP contribution >= 0.6 is 11.3 Å². The number of nitrogens with zero attached hydrogens (tertiary/aromatic N) is 2. The summed E-state index contributed by atoms with van der Waals surface area (Å²) in [6, 6.07) is 1.96. The highest BCUT2D eigenvalue weighted by Crippen LogP contribution is 2.23. The smallest absolute Gasteiger partial charge is 0.282 e. The second kappa shape index (κ2) is 8.21. The topological polar surface area (TPSA) is 49.9 Å². The summed E-state index contributed by atoms with van der Waals surface area (Å²) in [6.07, 6.45) is 3.35. The molecule has 0 saturated carbocycles. The van der Waals surface area contributed by atoms with Gasteiger partial charge in [-0.15, -0.1) is 6.58 Å². The van der Waals surface area contributed by atoms with Crippen molar-refractivity contribution in [2.75, 3.05) is 33.4 Å². The predicted molar refractivity (Wildman–Crippen MR) is 90.0 cm³/mol. The lowest BCUT2D eigenvalue weighted by Gasteiger charge is -2.34. The van der Waals surface area contributed by atoms with Crippen LogP contribution in [0, 0.1) is 5.92 Å². The molecule has 124 valence electrons. The Bertz CT molecular complexity index is 549. The van der Waals surface area contributed by atoms with Gasteiger partial charge in [0.2, 0.25) is 0 Å². The first kappa shape index (κ1) is 17.6. The van der Waals surface area contributed by atoms with Gasteiger partial charge in [0.05, 0.1) is 0 Å². The number of rotatable bonds is 8. The molecule has 1 aliphatic rings. The maximum atomic E-state index is 12.8. The average Bonchev–Trinajstić information content (AvgIpc) is 3.01. The van der Waals surface area contributed by atoms with Gasteiger partial charge in [0.1, 0.15) is 0 Å². The normalized spacial score (nSPS) is 17.9. The zero-order valence-corrected chi connectivity index (χ0v) is 14.6. The zero-order valence-electron chi connectivity index (χ0n) is 13.0. The maximum Gasteiger partial charge on any atom is 0.282 e. The van der Waals surface area contributed by atoms with E-state index in [1.165, 1.54) is 4.31 Å². The van der Waals surface area contributed by atoms with Crippen LogP contribution in [0.15, 0.2) is 29.5 Å². The van der Waals surface area contributed by atoms with Gasteiger partial charge >= 0.3 is 0 Å². The molecule has 1 aromatic heterocycles. The van der Waals surface area contributed by atoms with E-state index < -0.39 is 10.2 Å². The van der Waals surface area contributed by atoms with Crippen molar-refractivity contribution in [1.29, 1.82) is 0 Å². The second-order valence-electron chi connectivity index (χ2n) is 5.52. The van der Waals surface area contributed by atoms with Gasteiger partial charge < -0.3 is 4.74 Å². The highest BCUT2D eigenvalue weighted by atomic mass is 32.2. The van der Waals surface area contributed by atoms with Gasteiger partial charge in [-0.2, -0.15) is 28.4 Å². The van der Waals surface area contributed by atoms with Crippen LogP contribution in [0.1, 0.15) is 18.4 Å². The predicted octanol–water partition coefficient (Wildman–Crippen LogP) is 2.34. The van der Waals surface area contributed by atoms with Crippen LogP contribution in [0.5, 0.6) is 0 Å². The van der Waals surface area contributed by atoms with E-state index in [-0.39, 0.29) is 0 Å². The van der Waals surface area contributed by atoms with Crippen molar-refractivity contribution < 1.29 is 13.2 Å². The highest BCUT2D eigenvalue weighted by molar-refractivity contribution is 7.86. The van der Waals surface area contributed by atoms with E-state index in [0.29, 0.717) is 38.7 Å². The van der Waals surface area contributed by atoms with Gasteiger partial charge in [-0.3, -0.25) is 0 Å². The minimum absolute atomic E-state index is 0.330. The molecule has 7 heteroatoms. The highest BCUT2D eigenvalue weighted by Gasteiger charge is 2.32. The van der Waals surface area contributed by atoms with Crippen molar-refractivity contribution in [3.05, 3.63) is 35.0 Å². The number of ether oxygens (including phenoxy) is 1. The van der Waals surface area contributed by atoms with Crippen LogP contribution in [0.4, 0.5) is 0 Å². The Labute approximate surface area is 137 Å². The van der Waals surface area contributed by atoms with Crippen molar-refractivity contribution in [2.24, 2.45) is 5.92 Å². The fourth-order valence-corrected chi connectivity index (χ4v) is 4.94. The van der Waals surface area contributed by atoms with Crippen LogP contribution in [-0.2, 0) is 21.5 Å². The summed E-state index contributed by atoms with van der Waals surface area (Å²) in [4.78, 5) is 0. The molecule has 1 saturated heterocycles. The van der Waals surface area contributed by atoms with Crippen molar-refractivity contribution in [3.63, 3.8) is 0 Å². The molecule has 1 fully saturated rings. The molecular weight excluding hydrogens is 320 g/mol. The molecule has 0 radical (unpaired) electrons. The molecule has 0 bridgehead atoms. The Morgan fingerprint density at radius 3 is 2.77 bits per heavy atom. The van der Waals surface area contributed by atoms with E-state index >= 15 is 0 Å². The van der Waals surface area contributed by atoms with Crippen molar-refractivity contribution >= 4 is 21.5 Å². The lowest BCUT2D eigenvalue weighted by molar-refractivity contribution is 0.119. The van der Waals surface area contributed by atoms with Crippen molar-refractivity contribution in [1.82, 2.24) is 8.61 Å². The molecular formula is C15H24N2O3S2. The molecule has 5 nitrogen and oxygen atoms in total. The molecule has 2 rings (SSSR count). The fraction of sp³-hybridized carbons (Fsp3) is 0.600. The average molecular weight is 345 g/mol. The number of thiophene rings is 1. The Hall–Kier alpha value is -0.730. The third-order valence-electron chi connectivity index (χ3n) is 3.90. The second-order valence-corrected chi connectivity index (χ2v) is 8.23. The zero-order chi connectivity index (χ0) is 16.0. The summed E-state index contributed by atoms with van der Waals surface area (Å²) in [5, 5.41) is 3.95. The van der Waals surface area contributed by atoms with Crippen LogP contribution in [0.3, 0.4) is 0 Å². The monoisotopic (exact) mass is 344 g/mol. The number of hydrogen-bond acceptors (Lipinski definition) is 4. The third-order valence-corrected chi connectivity index (χ3v) is 6.58. The van der Waals surface area contributed by atoms with Crippen molar-refractivity contribution in [3.8, 4) is 0 Å². The standard InChI is InChI=1S/C15H24N2O3S2/c1-3-7-17(11-15-6-10-21-13-15)22(18,19)16-8-4-14(5-9-16)12-20-2/h3,6,10,13-14H,1,4-5,7-9,11-12H2,2H3. The molecule has 0 aliphatic carbocycles. The Balaban J connectivity index is 2.04. The van der Waals surface area contributed by atoms with E-state index in [0.717, 1.165) is 18.4 Å². The summed E-state index contributed by atoms with van der Waals surface area (Å²) >= 11 is 1.58. The van der Waals surface area contributed by atoms with Gasteiger partial charge in [-0.1, -0.05) is 6.08 Å². The van der Waals surface area contributed by atoms with Gasteiger partial charge in [0.15, 0.2) is 0 Å². The molecule has 1 aliphatic heterocycles. The molecule has 1 aromatic rings. The van der Waals surface area contributed by atoms with Crippen LogP contribution in [0.25, 0.3) is 0 Å². The Morgan fingerprint density at radius 2 is 2.23 bits per heavy atom.